The lowest BCUT2D eigenvalue weighted by molar-refractivity contribution is -0.110. The van der Waals surface area contributed by atoms with Crippen LogP contribution in [0.15, 0.2) is 180 Å². The fourth-order valence-electron chi connectivity index (χ4n) is 17.3. The lowest BCUT2D eigenvalue weighted by Crippen LogP contribution is -2.43. The quantitative estimate of drug-likeness (QED) is 0.0132. The number of aliphatic hydroxyl groups is 1. The molecule has 0 radical (unpaired) electrons. The van der Waals surface area contributed by atoms with Crippen LogP contribution in [-0.2, 0) is 28.7 Å². The van der Waals surface area contributed by atoms with Crippen LogP contribution in [0.5, 0.6) is 11.5 Å². The number of anilines is 11. The molecule has 0 spiro atoms. The number of hydrogen-bond donors (Lipinski definition) is 11. The standard InChI is InChI=1S/C25H31ClN6OS.C22H24BrFN4O2.C22H29FN6.C22H27FN4O2.C16H19ClN6O/c1-18(2)34(33)23-7-5-4-6-22(23)29-24-21(26)16-27-25(30-24)28-20-10-8-19(9-11-20)17-32-14-12-31(3)13-15-32;1-28-7-5-14(6-8-28)12-30-21-11-19-16(10-20(21)29-2)22(26-13-25-19)27-18-4-3-15(23)9-17(18)24;1-2-3-12-25-22-26-13-19-20(16-6-8-17(23)9-7-16)28-29(21(19)27-22)14-15-4-10-18(24)11-5-15;1-5-27(6-2)10-9-24-22(29)20-13(3)19(25-14(20)4)12-17-16-11-15(23)7-8-18(16)26-21(17)28;1-10(2)23-9-19-13-14(20-12-5-3-4-11(17)8-12)21-16(18-6-7-24)22-15(13)23/h4-11,16,18H,12-15,17H2,1-3H3,(H2,27,28,29,30);3-4,9-11,13-14H,5-8,12H2,1-2H3,(H,25,26,27);6-9,13,15,18H,2-5,10-12,14,24H2,1H3,(H,25,26,27);7-8,11-12,25H,5-6,9-10H2,1-4H3,(H,24,29)(H,26,28);3-5,8-10,24H,6-7H2,1-2H3,(H2,18,20,21,22)/b;;;17-12-;. The molecule has 772 valence electrons. The summed E-state index contributed by atoms with van der Waals surface area (Å²) >= 11 is 15.7. The number of nitrogens with two attached hydrogens (primary N) is 1. The van der Waals surface area contributed by atoms with Crippen molar-refractivity contribution >= 4 is 170 Å². The van der Waals surface area contributed by atoms with Gasteiger partial charge in [0.25, 0.3) is 11.8 Å². The van der Waals surface area contributed by atoms with Crippen molar-refractivity contribution in [2.24, 2.45) is 17.6 Å². The van der Waals surface area contributed by atoms with Gasteiger partial charge in [-0.25, -0.2) is 42.8 Å². The summed E-state index contributed by atoms with van der Waals surface area (Å²) in [5.41, 5.74) is 18.9. The fraction of sp³-hybridized carbons (Fsp3) is 0.383. The molecule has 0 bridgehead atoms. The van der Waals surface area contributed by atoms with Crippen molar-refractivity contribution in [2.45, 2.75) is 149 Å². The summed E-state index contributed by atoms with van der Waals surface area (Å²) in [6.07, 6.45) is 17.1. The number of rotatable bonds is 34. The second-order valence-corrected chi connectivity index (χ2v) is 40.8. The van der Waals surface area contributed by atoms with Crippen LogP contribution in [0.3, 0.4) is 0 Å². The molecule has 18 rings (SSSR count). The number of halogens is 6. The number of likely N-dealkylation sites (tertiary alicyclic amines) is 1. The van der Waals surface area contributed by atoms with Crippen LogP contribution in [0.25, 0.3) is 56.0 Å². The molecule has 1 saturated carbocycles. The number of aromatic amines is 1. The normalized spacial score (nSPS) is 15.4. The third-order valence-electron chi connectivity index (χ3n) is 25.7. The zero-order valence-corrected chi connectivity index (χ0v) is 88.4. The van der Waals surface area contributed by atoms with E-state index in [1.807, 2.05) is 116 Å². The van der Waals surface area contributed by atoms with Crippen molar-refractivity contribution in [3.05, 3.63) is 236 Å². The van der Waals surface area contributed by atoms with Gasteiger partial charge in [-0.2, -0.15) is 25.0 Å². The molecule has 32 nitrogen and oxygen atoms in total. The number of hydrogen-bond acceptors (Lipinski definition) is 27. The van der Waals surface area contributed by atoms with Gasteiger partial charge in [0.2, 0.25) is 17.8 Å². The largest absolute Gasteiger partial charge is 0.493 e. The minimum Gasteiger partial charge on any atom is -0.493 e. The van der Waals surface area contributed by atoms with Gasteiger partial charge in [0, 0.05) is 150 Å². The molecule has 39 heteroatoms. The number of likely N-dealkylation sites (N-methyl/N-ethyl adjacent to an activating group) is 2. The third-order valence-corrected chi connectivity index (χ3v) is 28.4. The monoisotopic (exact) mass is 2110 g/mol. The van der Waals surface area contributed by atoms with Gasteiger partial charge in [-0.15, -0.1) is 0 Å². The molecule has 1 unspecified atom stereocenters. The lowest BCUT2D eigenvalue weighted by atomic mass is 9.86. The Bertz CT molecular complexity index is 6810. The Balaban J connectivity index is 0.000000145. The highest BCUT2D eigenvalue weighted by Gasteiger charge is 2.30. The third kappa shape index (κ3) is 29.4. The van der Waals surface area contributed by atoms with E-state index in [0.29, 0.717) is 149 Å². The first-order chi connectivity index (χ1) is 70.5. The minimum atomic E-state index is -1.14. The topological polar surface area (TPSA) is 380 Å². The number of carbonyl (C=O) groups is 2. The van der Waals surface area contributed by atoms with Crippen molar-refractivity contribution in [1.29, 1.82) is 0 Å². The summed E-state index contributed by atoms with van der Waals surface area (Å²) in [6.45, 7) is 31.5. The highest BCUT2D eigenvalue weighted by atomic mass is 79.9. The van der Waals surface area contributed by atoms with Gasteiger partial charge in [-0.3, -0.25) is 18.7 Å². The van der Waals surface area contributed by atoms with Gasteiger partial charge in [0.1, 0.15) is 40.3 Å². The number of unbranched alkanes of at least 4 members (excludes halogenated alkanes) is 1. The summed E-state index contributed by atoms with van der Waals surface area (Å²) in [5, 5.41) is 41.3. The second-order valence-electron chi connectivity index (χ2n) is 37.1. The molecule has 3 aliphatic heterocycles. The van der Waals surface area contributed by atoms with E-state index < -0.39 is 16.6 Å². The number of carbonyl (C=O) groups excluding carboxylic acids is 2. The molecule has 12 N–H and O–H groups in total. The summed E-state index contributed by atoms with van der Waals surface area (Å²) < 4.78 is 70.3. The first kappa shape index (κ1) is 109. The number of benzene rings is 7. The number of methoxy groups -OCH3 is 1. The summed E-state index contributed by atoms with van der Waals surface area (Å²) in [6, 6.07) is 42.9. The maximum Gasteiger partial charge on any atom is 0.256 e. The molecule has 10 heterocycles. The molecule has 7 aromatic heterocycles. The number of piperazine rings is 1. The van der Waals surface area contributed by atoms with Crippen LogP contribution < -0.4 is 57.7 Å². The molecular weight excluding hydrogens is 1990 g/mol. The van der Waals surface area contributed by atoms with Crippen molar-refractivity contribution in [2.75, 3.05) is 150 Å². The molecule has 1 aliphatic carbocycles. The average molecular weight is 2120 g/mol. The van der Waals surface area contributed by atoms with Crippen LogP contribution in [-0.4, -0.2) is 229 Å². The van der Waals surface area contributed by atoms with Gasteiger partial charge in [-0.05, 0) is 251 Å². The highest BCUT2D eigenvalue weighted by molar-refractivity contribution is 9.10. The number of piperidine rings is 1. The van der Waals surface area contributed by atoms with Crippen molar-refractivity contribution in [3.8, 4) is 22.8 Å². The molecule has 7 aromatic carbocycles. The second kappa shape index (κ2) is 52.5. The van der Waals surface area contributed by atoms with Crippen LogP contribution in [0, 0.1) is 43.1 Å². The number of nitrogens with zero attached hydrogens (tertiary/aromatic N) is 16. The van der Waals surface area contributed by atoms with Crippen LogP contribution in [0.1, 0.15) is 144 Å². The fourth-order valence-corrected chi connectivity index (χ4v) is 19.0. The Morgan fingerprint density at radius 2 is 1.40 bits per heavy atom. The summed E-state index contributed by atoms with van der Waals surface area (Å²) in [4.78, 5) is 78.6. The Hall–Kier alpha value is -12.8. The van der Waals surface area contributed by atoms with Gasteiger partial charge in [0.05, 0.1) is 82.0 Å². The summed E-state index contributed by atoms with van der Waals surface area (Å²) in [5.74, 6) is 3.91. The van der Waals surface area contributed by atoms with E-state index in [1.165, 1.54) is 42.2 Å². The highest BCUT2D eigenvalue weighted by Crippen LogP contribution is 2.40. The van der Waals surface area contributed by atoms with Crippen molar-refractivity contribution in [3.63, 3.8) is 0 Å². The Kier molecular flexibility index (Phi) is 39.1. The Morgan fingerprint density at radius 1 is 0.685 bits per heavy atom. The van der Waals surface area contributed by atoms with E-state index in [9.17, 15) is 27.0 Å². The van der Waals surface area contributed by atoms with Crippen LogP contribution in [0.2, 0.25) is 10.0 Å². The van der Waals surface area contributed by atoms with E-state index in [0.717, 1.165) is 191 Å². The van der Waals surface area contributed by atoms with Gasteiger partial charge in [0.15, 0.2) is 39.9 Å². The molecular formula is C107H130BrCl2F3N26O6S. The van der Waals surface area contributed by atoms with Crippen molar-refractivity contribution in [1.82, 2.24) is 89.1 Å². The van der Waals surface area contributed by atoms with E-state index in [4.69, 9.17) is 53.6 Å². The lowest BCUT2D eigenvalue weighted by Gasteiger charge is -2.32. The molecule has 1 atom stereocenters. The van der Waals surface area contributed by atoms with Gasteiger partial charge >= 0.3 is 0 Å². The zero-order chi connectivity index (χ0) is 104. The minimum absolute atomic E-state index is 0.000252. The smallest absolute Gasteiger partial charge is 0.256 e. The number of aliphatic hydroxyl groups excluding tert-OH is 1. The number of nitrogens with one attached hydrogen (secondary N) is 9. The van der Waals surface area contributed by atoms with E-state index >= 15 is 0 Å². The number of aromatic nitrogens is 13. The predicted octanol–water partition coefficient (Wildman–Crippen LogP) is 20.8. The first-order valence-corrected chi connectivity index (χ1v) is 52.3. The molecule has 14 aromatic rings. The number of H-pyrrole nitrogens is 1. The van der Waals surface area contributed by atoms with E-state index in [1.54, 1.807) is 56.0 Å². The first-order valence-electron chi connectivity index (χ1n) is 49.5. The predicted molar refractivity (Wildman–Crippen MR) is 583 cm³/mol. The van der Waals surface area contributed by atoms with Crippen LogP contribution in [0.4, 0.5) is 76.9 Å². The van der Waals surface area contributed by atoms with Crippen molar-refractivity contribution < 1.29 is 41.5 Å². The number of fused-ring (bicyclic) bond motifs is 4. The van der Waals surface area contributed by atoms with Gasteiger partial charge in [-0.1, -0.05) is 111 Å². The number of para-hydroxylation sites is 1. The maximum absolute atomic E-state index is 14.3. The van der Waals surface area contributed by atoms with E-state index in [-0.39, 0.29) is 41.3 Å². The number of ether oxygens (including phenoxy) is 2. The van der Waals surface area contributed by atoms with Gasteiger partial charge < -0.3 is 87.1 Å². The number of imidazole rings is 1. The SMILES string of the molecule is CC(C)S(=O)c1ccccc1Nc1nc(Nc2ccc(CN3CCN(C)CC3)cc2)ncc1Cl.CC(C)n1cnc2c(Nc3cccc(Cl)c3)nc(NCCO)nc21.CCCCNc1ncc2c(-c3ccc(F)cc3)nn(CC3CCC(N)CC3)c2n1.CCN(CC)CCNC(=O)c1c(C)[nH]c(/C=C2\C(=O)Nc3ccc(F)cc32)c1C.COc1cc2c(Nc3ccc(Br)cc3F)ncnc2cc1OCC1CCN(C)CC1. The molecule has 2 amide bonds. The number of amides is 2. The molecule has 4 aliphatic rings. The molecule has 2 saturated heterocycles. The number of aryl methyl sites for hydroxylation is 1. The van der Waals surface area contributed by atoms with Crippen LogP contribution >= 0.6 is 39.1 Å². The average Bonchev–Trinajstić information content (AvgIpc) is 1.62. The summed E-state index contributed by atoms with van der Waals surface area (Å²) in [7, 11) is 4.78. The Labute approximate surface area is 870 Å². The molecule has 3 fully saturated rings. The zero-order valence-electron chi connectivity index (χ0n) is 84.5. The van der Waals surface area contributed by atoms with E-state index in [2.05, 4.69) is 184 Å². The maximum atomic E-state index is 14.3. The Morgan fingerprint density at radius 3 is 2.11 bits per heavy atom. The molecule has 146 heavy (non-hydrogen) atoms.